The zero-order valence-electron chi connectivity index (χ0n) is 12.6. The van der Waals surface area contributed by atoms with E-state index < -0.39 is 0 Å². The van der Waals surface area contributed by atoms with E-state index in [9.17, 15) is 4.79 Å². The lowest BCUT2D eigenvalue weighted by atomic mass is 9.96. The second-order valence-electron chi connectivity index (χ2n) is 5.24. The van der Waals surface area contributed by atoms with E-state index in [-0.39, 0.29) is 5.97 Å². The third-order valence-electron chi connectivity index (χ3n) is 3.93. The number of benzene rings is 1. The van der Waals surface area contributed by atoms with Gasteiger partial charge in [0.1, 0.15) is 0 Å². The highest BCUT2D eigenvalue weighted by Crippen LogP contribution is 2.30. The van der Waals surface area contributed by atoms with Crippen molar-refractivity contribution in [3.8, 4) is 0 Å². The van der Waals surface area contributed by atoms with Gasteiger partial charge in [-0.25, -0.2) is 4.79 Å². The molecule has 0 aliphatic carbocycles. The molecule has 1 unspecified atom stereocenters. The molecule has 2 rings (SSSR count). The molecule has 1 heterocycles. The number of allylic oxidation sites excluding steroid dienone is 1. The number of halogens is 1. The van der Waals surface area contributed by atoms with Crippen LogP contribution in [-0.4, -0.2) is 27.9 Å². The van der Waals surface area contributed by atoms with Crippen molar-refractivity contribution in [1.82, 2.24) is 4.90 Å². The van der Waals surface area contributed by atoms with Gasteiger partial charge >= 0.3 is 5.97 Å². The first kappa shape index (κ1) is 16.3. The highest BCUT2D eigenvalue weighted by Gasteiger charge is 2.29. The molecule has 0 radical (unpaired) electrons. The number of alkyl halides is 1. The van der Waals surface area contributed by atoms with Gasteiger partial charge < -0.3 is 9.64 Å². The molecule has 21 heavy (non-hydrogen) atoms. The number of carbonyl (C=O) groups is 1. The van der Waals surface area contributed by atoms with Crippen molar-refractivity contribution in [3.05, 3.63) is 47.2 Å². The van der Waals surface area contributed by atoms with Crippen LogP contribution in [0.5, 0.6) is 0 Å². The van der Waals surface area contributed by atoms with Gasteiger partial charge in [-0.1, -0.05) is 52.9 Å². The van der Waals surface area contributed by atoms with Crippen LogP contribution in [0.25, 0.3) is 0 Å². The lowest BCUT2D eigenvalue weighted by Crippen LogP contribution is -2.39. The van der Waals surface area contributed by atoms with E-state index in [1.807, 2.05) is 19.9 Å². The summed E-state index contributed by atoms with van der Waals surface area (Å²) in [4.78, 5) is 14.5. The topological polar surface area (TPSA) is 29.5 Å². The Balaban J connectivity index is 2.24. The number of ether oxygens (including phenoxy) is 1. The molecule has 0 fully saturated rings. The summed E-state index contributed by atoms with van der Waals surface area (Å²) in [6, 6.07) is 10.9. The SMILES string of the molecule is CCOC(=O)C1=C(C)N(Cc2ccccc2)C(CI)CC1. The number of nitrogens with zero attached hydrogens (tertiary/aromatic N) is 1. The summed E-state index contributed by atoms with van der Waals surface area (Å²) in [5, 5.41) is 0. The fraction of sp³-hybridized carbons (Fsp3) is 0.471. The quantitative estimate of drug-likeness (QED) is 0.427. The van der Waals surface area contributed by atoms with Crippen LogP contribution in [0.15, 0.2) is 41.6 Å². The molecule has 1 aliphatic heterocycles. The summed E-state index contributed by atoms with van der Waals surface area (Å²) in [5.74, 6) is -0.153. The van der Waals surface area contributed by atoms with Crippen molar-refractivity contribution in [3.63, 3.8) is 0 Å². The molecule has 1 aromatic rings. The highest BCUT2D eigenvalue weighted by atomic mass is 127. The minimum Gasteiger partial charge on any atom is -0.463 e. The number of rotatable bonds is 5. The van der Waals surface area contributed by atoms with E-state index in [0.29, 0.717) is 12.6 Å². The van der Waals surface area contributed by atoms with Crippen molar-refractivity contribution in [2.24, 2.45) is 0 Å². The molecule has 0 amide bonds. The number of hydrogen-bond donors (Lipinski definition) is 0. The number of carbonyl (C=O) groups excluding carboxylic acids is 1. The maximum Gasteiger partial charge on any atom is 0.335 e. The van der Waals surface area contributed by atoms with E-state index >= 15 is 0 Å². The predicted molar refractivity (Wildman–Crippen MR) is 93.2 cm³/mol. The molecule has 1 aromatic carbocycles. The first-order chi connectivity index (χ1) is 10.2. The summed E-state index contributed by atoms with van der Waals surface area (Å²) >= 11 is 2.44. The summed E-state index contributed by atoms with van der Waals surface area (Å²) in [7, 11) is 0. The summed E-state index contributed by atoms with van der Waals surface area (Å²) in [5.41, 5.74) is 3.19. The molecule has 1 aliphatic rings. The van der Waals surface area contributed by atoms with Crippen LogP contribution in [-0.2, 0) is 16.1 Å². The summed E-state index contributed by atoms with van der Waals surface area (Å²) in [6.45, 7) is 5.19. The second kappa shape index (κ2) is 7.82. The van der Waals surface area contributed by atoms with Crippen LogP contribution in [0, 0.1) is 0 Å². The Morgan fingerprint density at radius 2 is 2.10 bits per heavy atom. The van der Waals surface area contributed by atoms with Crippen LogP contribution >= 0.6 is 22.6 Å². The van der Waals surface area contributed by atoms with Gasteiger partial charge in [-0.15, -0.1) is 0 Å². The third kappa shape index (κ3) is 3.99. The van der Waals surface area contributed by atoms with E-state index in [4.69, 9.17) is 4.74 Å². The summed E-state index contributed by atoms with van der Waals surface area (Å²) < 4.78 is 6.26. The van der Waals surface area contributed by atoms with Crippen LogP contribution in [0.1, 0.15) is 32.3 Å². The van der Waals surface area contributed by atoms with Gasteiger partial charge in [0.25, 0.3) is 0 Å². The van der Waals surface area contributed by atoms with E-state index in [1.165, 1.54) is 5.56 Å². The molecule has 0 saturated heterocycles. The molecule has 0 N–H and O–H groups in total. The molecule has 3 nitrogen and oxygen atoms in total. The molecular weight excluding hydrogens is 377 g/mol. The molecule has 114 valence electrons. The van der Waals surface area contributed by atoms with E-state index in [0.717, 1.165) is 35.1 Å². The van der Waals surface area contributed by atoms with Gasteiger partial charge in [0.05, 0.1) is 12.2 Å². The van der Waals surface area contributed by atoms with Gasteiger partial charge in [0.2, 0.25) is 0 Å². The maximum absolute atomic E-state index is 12.1. The Morgan fingerprint density at radius 1 is 1.38 bits per heavy atom. The van der Waals surface area contributed by atoms with Crippen LogP contribution < -0.4 is 0 Å². The third-order valence-corrected chi connectivity index (χ3v) is 4.95. The lowest BCUT2D eigenvalue weighted by Gasteiger charge is -2.38. The predicted octanol–water partition coefficient (Wildman–Crippen LogP) is 3.92. The fourth-order valence-corrected chi connectivity index (χ4v) is 3.67. The Morgan fingerprint density at radius 3 is 2.71 bits per heavy atom. The van der Waals surface area contributed by atoms with Gasteiger partial charge in [0.15, 0.2) is 0 Å². The Kier molecular flexibility index (Phi) is 6.08. The zero-order valence-corrected chi connectivity index (χ0v) is 14.8. The standard InChI is InChI=1S/C17H22INO2/c1-3-21-17(20)16-10-9-15(11-18)19(13(16)2)12-14-7-5-4-6-8-14/h4-8,15H,3,9-12H2,1-2H3. The van der Waals surface area contributed by atoms with Crippen molar-refractivity contribution >= 4 is 28.6 Å². The molecule has 0 saturated carbocycles. The molecule has 0 bridgehead atoms. The van der Waals surface area contributed by atoms with Crippen LogP contribution in [0.4, 0.5) is 0 Å². The first-order valence-electron chi connectivity index (χ1n) is 7.40. The highest BCUT2D eigenvalue weighted by molar-refractivity contribution is 14.1. The average molecular weight is 399 g/mol. The zero-order chi connectivity index (χ0) is 15.2. The van der Waals surface area contributed by atoms with Gasteiger partial charge in [-0.2, -0.15) is 0 Å². The number of esters is 1. The second-order valence-corrected chi connectivity index (χ2v) is 6.13. The van der Waals surface area contributed by atoms with Gasteiger partial charge in [0, 0.05) is 22.7 Å². The maximum atomic E-state index is 12.1. The first-order valence-corrected chi connectivity index (χ1v) is 8.93. The Bertz CT molecular complexity index is 513. The van der Waals surface area contributed by atoms with Crippen LogP contribution in [0.2, 0.25) is 0 Å². The van der Waals surface area contributed by atoms with Crippen LogP contribution in [0.3, 0.4) is 0 Å². The van der Waals surface area contributed by atoms with Crippen molar-refractivity contribution in [2.45, 2.75) is 39.3 Å². The lowest BCUT2D eigenvalue weighted by molar-refractivity contribution is -0.139. The molecular formula is C17H22INO2. The molecule has 0 aromatic heterocycles. The fourth-order valence-electron chi connectivity index (χ4n) is 2.75. The van der Waals surface area contributed by atoms with Crippen molar-refractivity contribution in [1.29, 1.82) is 0 Å². The van der Waals surface area contributed by atoms with Gasteiger partial charge in [-0.05, 0) is 32.3 Å². The normalized spacial score (nSPS) is 18.8. The molecule has 1 atom stereocenters. The van der Waals surface area contributed by atoms with Gasteiger partial charge in [-0.3, -0.25) is 0 Å². The van der Waals surface area contributed by atoms with Crippen molar-refractivity contribution in [2.75, 3.05) is 11.0 Å². The van der Waals surface area contributed by atoms with E-state index in [2.05, 4.69) is 51.8 Å². The number of hydrogen-bond acceptors (Lipinski definition) is 3. The molecule has 0 spiro atoms. The Hall–Kier alpha value is -1.04. The minimum absolute atomic E-state index is 0.153. The van der Waals surface area contributed by atoms with Crippen molar-refractivity contribution < 1.29 is 9.53 Å². The average Bonchev–Trinajstić information content (AvgIpc) is 2.50. The monoisotopic (exact) mass is 399 g/mol. The van der Waals surface area contributed by atoms with E-state index in [1.54, 1.807) is 0 Å². The largest absolute Gasteiger partial charge is 0.463 e. The minimum atomic E-state index is -0.153. The summed E-state index contributed by atoms with van der Waals surface area (Å²) in [6.07, 6.45) is 1.84. The Labute approximate surface area is 140 Å². The molecule has 4 heteroatoms. The smallest absolute Gasteiger partial charge is 0.335 e.